The van der Waals surface area contributed by atoms with E-state index in [2.05, 4.69) is 15.5 Å². The van der Waals surface area contributed by atoms with Crippen LogP contribution in [-0.4, -0.2) is 29.8 Å². The van der Waals surface area contributed by atoms with Gasteiger partial charge in [0.15, 0.2) is 6.61 Å². The lowest BCUT2D eigenvalue weighted by molar-refractivity contribution is -0.123. The molecule has 0 aliphatic carbocycles. The molecule has 0 saturated carbocycles. The van der Waals surface area contributed by atoms with Crippen LogP contribution in [0.4, 0.5) is 0 Å². The van der Waals surface area contributed by atoms with Gasteiger partial charge in [-0.2, -0.15) is 4.98 Å². The molecule has 0 unspecified atom stereocenters. The molecule has 0 aliphatic rings. The Morgan fingerprint density at radius 2 is 1.82 bits per heavy atom. The van der Waals surface area contributed by atoms with Crippen molar-refractivity contribution in [1.82, 2.24) is 15.5 Å². The van der Waals surface area contributed by atoms with Crippen LogP contribution < -0.4 is 14.8 Å². The quantitative estimate of drug-likeness (QED) is 0.649. The van der Waals surface area contributed by atoms with Crippen molar-refractivity contribution in [2.24, 2.45) is 0 Å². The first-order chi connectivity index (χ1) is 13.5. The van der Waals surface area contributed by atoms with E-state index >= 15 is 0 Å². The molecule has 0 saturated heterocycles. The average molecular weight is 402 g/mol. The predicted molar refractivity (Wildman–Crippen MR) is 105 cm³/mol. The van der Waals surface area contributed by atoms with Gasteiger partial charge < -0.3 is 19.3 Å². The minimum Gasteiger partial charge on any atom is -0.497 e. The number of benzene rings is 2. The molecule has 1 amide bonds. The van der Waals surface area contributed by atoms with Crippen molar-refractivity contribution in [2.75, 3.05) is 13.7 Å². The molecule has 28 heavy (non-hydrogen) atoms. The second kappa shape index (κ2) is 8.75. The number of hydrogen-bond acceptors (Lipinski definition) is 6. The highest BCUT2D eigenvalue weighted by Gasteiger charge is 2.11. The Kier molecular flexibility index (Phi) is 6.16. The zero-order valence-corrected chi connectivity index (χ0v) is 16.5. The molecule has 8 heteroatoms. The molecule has 1 N–H and O–H groups in total. The van der Waals surface area contributed by atoms with Gasteiger partial charge in [0.25, 0.3) is 5.91 Å². The molecule has 0 bridgehead atoms. The maximum atomic E-state index is 12.0. The van der Waals surface area contributed by atoms with Crippen LogP contribution in [0.1, 0.15) is 17.0 Å². The van der Waals surface area contributed by atoms with Gasteiger partial charge in [0.2, 0.25) is 11.7 Å². The van der Waals surface area contributed by atoms with Gasteiger partial charge in [0.05, 0.1) is 13.7 Å². The van der Waals surface area contributed by atoms with Crippen LogP contribution in [-0.2, 0) is 11.3 Å². The van der Waals surface area contributed by atoms with Gasteiger partial charge in [-0.15, -0.1) is 0 Å². The average Bonchev–Trinajstić information content (AvgIpc) is 3.18. The minimum atomic E-state index is -0.297. The van der Waals surface area contributed by atoms with E-state index in [0.29, 0.717) is 22.5 Å². The van der Waals surface area contributed by atoms with Gasteiger partial charge in [-0.1, -0.05) is 16.8 Å². The molecule has 0 fully saturated rings. The summed E-state index contributed by atoms with van der Waals surface area (Å²) >= 11 is 6.13. The number of aromatic nitrogens is 2. The van der Waals surface area contributed by atoms with Gasteiger partial charge in [-0.3, -0.25) is 4.79 Å². The fourth-order valence-electron chi connectivity index (χ4n) is 2.55. The van der Waals surface area contributed by atoms with E-state index < -0.39 is 0 Å². The highest BCUT2D eigenvalue weighted by Crippen LogP contribution is 2.25. The highest BCUT2D eigenvalue weighted by molar-refractivity contribution is 6.32. The van der Waals surface area contributed by atoms with E-state index in [9.17, 15) is 4.79 Å². The standard InChI is InChI=1S/C20H20ClN3O4/c1-12-8-16(9-13(2)19(12)21)27-11-17(25)22-10-18-23-20(24-28-18)14-4-6-15(26-3)7-5-14/h4-9H,10-11H2,1-3H3,(H,22,25). The topological polar surface area (TPSA) is 86.5 Å². The molecule has 7 nitrogen and oxygen atoms in total. The molecular formula is C20H20ClN3O4. The number of carbonyl (C=O) groups is 1. The van der Waals surface area contributed by atoms with Crippen LogP contribution in [0.2, 0.25) is 5.02 Å². The molecule has 1 heterocycles. The SMILES string of the molecule is COc1ccc(-c2noc(CNC(=O)COc3cc(C)c(Cl)c(C)c3)n2)cc1. The van der Waals surface area contributed by atoms with Gasteiger partial charge in [-0.05, 0) is 61.4 Å². The Labute approximate surface area is 167 Å². The van der Waals surface area contributed by atoms with E-state index in [4.69, 9.17) is 25.6 Å². The lowest BCUT2D eigenvalue weighted by Gasteiger charge is -2.09. The largest absolute Gasteiger partial charge is 0.497 e. The molecule has 0 aliphatic heterocycles. The first-order valence-corrected chi connectivity index (χ1v) is 8.97. The smallest absolute Gasteiger partial charge is 0.258 e. The predicted octanol–water partition coefficient (Wildman–Crippen LogP) is 3.71. The zero-order valence-electron chi connectivity index (χ0n) is 15.8. The second-order valence-electron chi connectivity index (χ2n) is 6.18. The number of methoxy groups -OCH3 is 1. The third-order valence-electron chi connectivity index (χ3n) is 4.03. The highest BCUT2D eigenvalue weighted by atomic mass is 35.5. The molecule has 0 atom stereocenters. The summed E-state index contributed by atoms with van der Waals surface area (Å²) in [5.41, 5.74) is 2.59. The maximum absolute atomic E-state index is 12.0. The Hall–Kier alpha value is -3.06. The summed E-state index contributed by atoms with van der Waals surface area (Å²) in [5, 5.41) is 7.30. The maximum Gasteiger partial charge on any atom is 0.258 e. The Bertz CT molecular complexity index is 947. The van der Waals surface area contributed by atoms with E-state index in [1.807, 2.05) is 38.1 Å². The molecule has 2 aromatic carbocycles. The lowest BCUT2D eigenvalue weighted by Crippen LogP contribution is -2.28. The Morgan fingerprint density at radius 3 is 2.46 bits per heavy atom. The van der Waals surface area contributed by atoms with E-state index in [1.54, 1.807) is 19.2 Å². The molecule has 0 radical (unpaired) electrons. The summed E-state index contributed by atoms with van der Waals surface area (Å²) in [6.45, 7) is 3.76. The normalized spacial score (nSPS) is 10.6. The zero-order chi connectivity index (χ0) is 20.1. The lowest BCUT2D eigenvalue weighted by atomic mass is 10.1. The number of amides is 1. The molecule has 146 valence electrons. The van der Waals surface area contributed by atoms with Crippen LogP contribution >= 0.6 is 11.6 Å². The molecule has 0 spiro atoms. The Balaban J connectivity index is 1.51. The van der Waals surface area contributed by atoms with Gasteiger partial charge in [-0.25, -0.2) is 0 Å². The van der Waals surface area contributed by atoms with Crippen molar-refractivity contribution in [2.45, 2.75) is 20.4 Å². The number of hydrogen-bond donors (Lipinski definition) is 1. The number of ether oxygens (including phenoxy) is 2. The number of halogens is 1. The third kappa shape index (κ3) is 4.80. The summed E-state index contributed by atoms with van der Waals surface area (Å²) < 4.78 is 15.8. The van der Waals surface area contributed by atoms with Crippen molar-refractivity contribution in [3.8, 4) is 22.9 Å². The molecule has 3 rings (SSSR count). The van der Waals surface area contributed by atoms with Crippen LogP contribution in [0.25, 0.3) is 11.4 Å². The summed E-state index contributed by atoms with van der Waals surface area (Å²) in [7, 11) is 1.60. The number of nitrogens with one attached hydrogen (secondary N) is 1. The number of carbonyl (C=O) groups excluding carboxylic acids is 1. The van der Waals surface area contributed by atoms with Gasteiger partial charge >= 0.3 is 0 Å². The summed E-state index contributed by atoms with van der Waals surface area (Å²) in [5.74, 6) is 1.78. The first kappa shape index (κ1) is 19.7. The fourth-order valence-corrected chi connectivity index (χ4v) is 2.66. The van der Waals surface area contributed by atoms with Crippen LogP contribution in [0.3, 0.4) is 0 Å². The fraction of sp³-hybridized carbons (Fsp3) is 0.250. The second-order valence-corrected chi connectivity index (χ2v) is 6.55. The molecule has 1 aromatic heterocycles. The number of rotatable bonds is 7. The third-order valence-corrected chi connectivity index (χ3v) is 4.63. The summed E-state index contributed by atoms with van der Waals surface area (Å²) in [4.78, 5) is 16.3. The van der Waals surface area contributed by atoms with Gasteiger partial charge in [0, 0.05) is 10.6 Å². The summed E-state index contributed by atoms with van der Waals surface area (Å²) in [6.07, 6.45) is 0. The number of nitrogens with zero attached hydrogens (tertiary/aromatic N) is 2. The van der Waals surface area contributed by atoms with Crippen molar-refractivity contribution < 1.29 is 18.8 Å². The van der Waals surface area contributed by atoms with Crippen molar-refractivity contribution in [1.29, 1.82) is 0 Å². The van der Waals surface area contributed by atoms with Gasteiger partial charge in [0.1, 0.15) is 11.5 Å². The number of aryl methyl sites for hydroxylation is 2. The van der Waals surface area contributed by atoms with E-state index in [1.165, 1.54) is 0 Å². The first-order valence-electron chi connectivity index (χ1n) is 8.59. The van der Waals surface area contributed by atoms with E-state index in [0.717, 1.165) is 22.4 Å². The molecular weight excluding hydrogens is 382 g/mol. The monoisotopic (exact) mass is 401 g/mol. The van der Waals surface area contributed by atoms with Crippen LogP contribution in [0.5, 0.6) is 11.5 Å². The Morgan fingerprint density at radius 1 is 1.14 bits per heavy atom. The van der Waals surface area contributed by atoms with Crippen LogP contribution in [0, 0.1) is 13.8 Å². The minimum absolute atomic E-state index is 0.115. The summed E-state index contributed by atoms with van der Waals surface area (Å²) in [6, 6.07) is 10.9. The van der Waals surface area contributed by atoms with Crippen LogP contribution in [0.15, 0.2) is 40.9 Å². The van der Waals surface area contributed by atoms with E-state index in [-0.39, 0.29) is 19.1 Å². The molecule has 3 aromatic rings. The van der Waals surface area contributed by atoms with Crippen molar-refractivity contribution in [3.05, 3.63) is 58.4 Å². The van der Waals surface area contributed by atoms with Crippen molar-refractivity contribution >= 4 is 17.5 Å². The van der Waals surface area contributed by atoms with Crippen molar-refractivity contribution in [3.63, 3.8) is 0 Å².